The second-order valence-corrected chi connectivity index (χ2v) is 4.87. The monoisotopic (exact) mass is 246 g/mol. The first kappa shape index (κ1) is 16.9. The van der Waals surface area contributed by atoms with E-state index in [2.05, 4.69) is 6.92 Å². The third kappa shape index (κ3) is 12.1. The van der Waals surface area contributed by atoms with E-state index in [1.807, 2.05) is 0 Å². The summed E-state index contributed by atoms with van der Waals surface area (Å²) in [5, 5.41) is 16.0. The Bertz CT molecular complexity index is 142. The topological polar surface area (TPSA) is 49.7 Å². The minimum Gasteiger partial charge on any atom is -0.394 e. The summed E-state index contributed by atoms with van der Waals surface area (Å²) < 4.78 is 5.78. The second-order valence-electron chi connectivity index (χ2n) is 4.87. The van der Waals surface area contributed by atoms with Crippen molar-refractivity contribution in [3.63, 3.8) is 0 Å². The first-order valence-corrected chi connectivity index (χ1v) is 7.11. The Morgan fingerprint density at radius 1 is 1.18 bits per heavy atom. The van der Waals surface area contributed by atoms with Crippen LogP contribution in [0.15, 0.2) is 0 Å². The van der Waals surface area contributed by atoms with Gasteiger partial charge in [0.15, 0.2) is 0 Å². The van der Waals surface area contributed by atoms with Crippen molar-refractivity contribution >= 4 is 0 Å². The van der Waals surface area contributed by atoms with Crippen LogP contribution in [0.3, 0.4) is 0 Å². The largest absolute Gasteiger partial charge is 0.394 e. The Morgan fingerprint density at radius 2 is 1.76 bits per heavy atom. The molecule has 0 spiro atoms. The van der Waals surface area contributed by atoms with Gasteiger partial charge in [0.2, 0.25) is 0 Å². The Kier molecular flexibility index (Phi) is 12.3. The highest BCUT2D eigenvalue weighted by Gasteiger charge is 2.12. The zero-order chi connectivity index (χ0) is 12.9. The lowest BCUT2D eigenvalue weighted by Crippen LogP contribution is -2.17. The molecule has 1 aliphatic carbocycles. The number of hydrogen-bond acceptors (Lipinski definition) is 3. The highest BCUT2D eigenvalue weighted by molar-refractivity contribution is 4.64. The van der Waals surface area contributed by atoms with Gasteiger partial charge in [-0.25, -0.2) is 0 Å². The lowest BCUT2D eigenvalue weighted by Gasteiger charge is -2.21. The van der Waals surface area contributed by atoms with Crippen LogP contribution in [0.4, 0.5) is 0 Å². The quantitative estimate of drug-likeness (QED) is 0.709. The van der Waals surface area contributed by atoms with Gasteiger partial charge in [-0.1, -0.05) is 39.0 Å². The Hall–Kier alpha value is -0.120. The van der Waals surface area contributed by atoms with Crippen LogP contribution in [0.2, 0.25) is 0 Å². The third-order valence-electron chi connectivity index (χ3n) is 2.92. The van der Waals surface area contributed by atoms with Gasteiger partial charge in [0.05, 0.1) is 18.8 Å². The highest BCUT2D eigenvalue weighted by Crippen LogP contribution is 2.20. The molecule has 0 aliphatic heterocycles. The summed E-state index contributed by atoms with van der Waals surface area (Å²) in [6, 6.07) is 0. The van der Waals surface area contributed by atoms with Crippen molar-refractivity contribution in [2.45, 2.75) is 77.4 Å². The SMILES string of the molecule is CC(O)CO.CCCCCOC1CCCCC1. The molecule has 0 amide bonds. The van der Waals surface area contributed by atoms with E-state index < -0.39 is 6.10 Å². The maximum Gasteiger partial charge on any atom is 0.0742 e. The zero-order valence-corrected chi connectivity index (χ0v) is 11.5. The number of hydrogen-bond donors (Lipinski definition) is 2. The van der Waals surface area contributed by atoms with Crippen LogP contribution < -0.4 is 0 Å². The van der Waals surface area contributed by atoms with E-state index in [0.29, 0.717) is 6.10 Å². The summed E-state index contributed by atoms with van der Waals surface area (Å²) in [6.07, 6.45) is 10.8. The molecule has 0 aromatic rings. The van der Waals surface area contributed by atoms with E-state index in [1.54, 1.807) is 0 Å². The van der Waals surface area contributed by atoms with Crippen LogP contribution in [0.1, 0.15) is 65.2 Å². The summed E-state index contributed by atoms with van der Waals surface area (Å²) in [4.78, 5) is 0. The van der Waals surface area contributed by atoms with Crippen molar-refractivity contribution in [2.24, 2.45) is 0 Å². The minimum atomic E-state index is -0.560. The Labute approximate surface area is 106 Å². The van der Waals surface area contributed by atoms with Crippen molar-refractivity contribution < 1.29 is 14.9 Å². The number of rotatable bonds is 6. The fraction of sp³-hybridized carbons (Fsp3) is 1.00. The molecule has 0 radical (unpaired) electrons. The fourth-order valence-electron chi connectivity index (χ4n) is 1.83. The maximum absolute atomic E-state index is 8.11. The molecule has 0 saturated heterocycles. The van der Waals surface area contributed by atoms with Crippen molar-refractivity contribution in [3.05, 3.63) is 0 Å². The van der Waals surface area contributed by atoms with Crippen molar-refractivity contribution in [3.8, 4) is 0 Å². The fourth-order valence-corrected chi connectivity index (χ4v) is 1.83. The summed E-state index contributed by atoms with van der Waals surface area (Å²) in [6.45, 7) is 4.62. The highest BCUT2D eigenvalue weighted by atomic mass is 16.5. The van der Waals surface area contributed by atoms with E-state index in [-0.39, 0.29) is 6.61 Å². The number of aliphatic hydroxyl groups is 2. The van der Waals surface area contributed by atoms with Crippen LogP contribution in [0.25, 0.3) is 0 Å². The predicted octanol–water partition coefficient (Wildman–Crippen LogP) is 2.89. The summed E-state index contributed by atoms with van der Waals surface area (Å²) in [5.41, 5.74) is 0. The molecule has 1 fully saturated rings. The third-order valence-corrected chi connectivity index (χ3v) is 2.92. The van der Waals surface area contributed by atoms with Gasteiger partial charge in [0, 0.05) is 6.61 Å². The van der Waals surface area contributed by atoms with Crippen LogP contribution in [0, 0.1) is 0 Å². The van der Waals surface area contributed by atoms with Gasteiger partial charge in [-0.05, 0) is 26.2 Å². The molecular weight excluding hydrogens is 216 g/mol. The molecule has 17 heavy (non-hydrogen) atoms. The van der Waals surface area contributed by atoms with Crippen LogP contribution in [-0.4, -0.2) is 35.6 Å². The molecule has 1 saturated carbocycles. The maximum atomic E-state index is 8.11. The average Bonchev–Trinajstić information content (AvgIpc) is 2.37. The standard InChI is InChI=1S/C11H22O.C3H8O2/c1-2-3-7-10-12-11-8-5-4-6-9-11;1-3(5)2-4/h11H,2-10H2,1H3;3-5H,2H2,1H3. The molecule has 1 rings (SSSR count). The van der Waals surface area contributed by atoms with Crippen LogP contribution >= 0.6 is 0 Å². The average molecular weight is 246 g/mol. The predicted molar refractivity (Wildman–Crippen MR) is 71.1 cm³/mol. The van der Waals surface area contributed by atoms with Gasteiger partial charge in [0.1, 0.15) is 0 Å². The van der Waals surface area contributed by atoms with Gasteiger partial charge in [0.25, 0.3) is 0 Å². The van der Waals surface area contributed by atoms with E-state index >= 15 is 0 Å². The lowest BCUT2D eigenvalue weighted by atomic mass is 9.98. The van der Waals surface area contributed by atoms with Crippen LogP contribution in [-0.2, 0) is 4.74 Å². The number of unbranched alkanes of at least 4 members (excludes halogenated alkanes) is 2. The molecule has 104 valence electrons. The molecule has 0 heterocycles. The molecule has 0 aromatic carbocycles. The smallest absolute Gasteiger partial charge is 0.0742 e. The van der Waals surface area contributed by atoms with Gasteiger partial charge in [-0.15, -0.1) is 0 Å². The second kappa shape index (κ2) is 12.3. The molecular formula is C14H30O3. The van der Waals surface area contributed by atoms with Crippen molar-refractivity contribution in [1.29, 1.82) is 0 Å². The molecule has 1 atom stereocenters. The van der Waals surface area contributed by atoms with Crippen molar-refractivity contribution in [1.82, 2.24) is 0 Å². The first-order chi connectivity index (χ1) is 8.20. The normalized spacial score (nSPS) is 18.4. The molecule has 2 N–H and O–H groups in total. The molecule has 3 nitrogen and oxygen atoms in total. The van der Waals surface area contributed by atoms with Crippen molar-refractivity contribution in [2.75, 3.05) is 13.2 Å². The van der Waals surface area contributed by atoms with E-state index in [1.165, 1.54) is 58.3 Å². The van der Waals surface area contributed by atoms with E-state index in [0.717, 1.165) is 6.61 Å². The number of ether oxygens (including phenoxy) is 1. The van der Waals surface area contributed by atoms with Gasteiger partial charge in [-0.2, -0.15) is 0 Å². The first-order valence-electron chi connectivity index (χ1n) is 7.11. The molecule has 0 aromatic heterocycles. The van der Waals surface area contributed by atoms with E-state index in [9.17, 15) is 0 Å². The summed E-state index contributed by atoms with van der Waals surface area (Å²) >= 11 is 0. The molecule has 3 heteroatoms. The zero-order valence-electron chi connectivity index (χ0n) is 11.5. The molecule has 0 bridgehead atoms. The molecule has 1 unspecified atom stereocenters. The van der Waals surface area contributed by atoms with Gasteiger partial charge in [-0.3, -0.25) is 0 Å². The van der Waals surface area contributed by atoms with E-state index in [4.69, 9.17) is 14.9 Å². The Balaban J connectivity index is 0.000000437. The Morgan fingerprint density at radius 3 is 2.24 bits per heavy atom. The lowest BCUT2D eigenvalue weighted by molar-refractivity contribution is 0.0264. The summed E-state index contributed by atoms with van der Waals surface area (Å²) in [7, 11) is 0. The van der Waals surface area contributed by atoms with Crippen LogP contribution in [0.5, 0.6) is 0 Å². The minimum absolute atomic E-state index is 0.139. The van der Waals surface area contributed by atoms with Gasteiger partial charge >= 0.3 is 0 Å². The number of aliphatic hydroxyl groups excluding tert-OH is 2. The van der Waals surface area contributed by atoms with Gasteiger partial charge < -0.3 is 14.9 Å². The summed E-state index contributed by atoms with van der Waals surface area (Å²) in [5.74, 6) is 0. The molecule has 1 aliphatic rings.